The van der Waals surface area contributed by atoms with Gasteiger partial charge < -0.3 is 10.6 Å². The van der Waals surface area contributed by atoms with E-state index in [9.17, 15) is 9.59 Å². The zero-order valence-corrected chi connectivity index (χ0v) is 14.0. The third kappa shape index (κ3) is 3.95. The number of hydrogen-bond acceptors (Lipinski definition) is 3. The van der Waals surface area contributed by atoms with Crippen LogP contribution in [0.2, 0.25) is 0 Å². The van der Waals surface area contributed by atoms with E-state index in [2.05, 4.69) is 10.6 Å². The Balaban J connectivity index is 2.11. The van der Waals surface area contributed by atoms with Crippen molar-refractivity contribution in [2.45, 2.75) is 27.7 Å². The Kier molecular flexibility index (Phi) is 4.66. The molecule has 1 aromatic heterocycles. The van der Waals surface area contributed by atoms with Crippen LogP contribution < -0.4 is 10.6 Å². The van der Waals surface area contributed by atoms with E-state index in [4.69, 9.17) is 0 Å². The Morgan fingerprint density at radius 1 is 1.05 bits per heavy atom. The van der Waals surface area contributed by atoms with Crippen LogP contribution in [0.5, 0.6) is 0 Å². The second kappa shape index (κ2) is 6.32. The number of thiophene rings is 1. The highest BCUT2D eigenvalue weighted by Gasteiger charge is 2.21. The molecule has 1 aromatic carbocycles. The van der Waals surface area contributed by atoms with Crippen molar-refractivity contribution in [2.75, 3.05) is 10.6 Å². The van der Waals surface area contributed by atoms with E-state index in [1.54, 1.807) is 24.3 Å². The van der Waals surface area contributed by atoms with Gasteiger partial charge in [0.25, 0.3) is 5.91 Å². The van der Waals surface area contributed by atoms with E-state index >= 15 is 0 Å². The molecule has 0 bridgehead atoms. The lowest BCUT2D eigenvalue weighted by atomic mass is 9.95. The van der Waals surface area contributed by atoms with E-state index in [1.165, 1.54) is 11.3 Å². The van der Waals surface area contributed by atoms with Gasteiger partial charge in [-0.25, -0.2) is 0 Å². The number of hydrogen-bond donors (Lipinski definition) is 2. The SMILES string of the molecule is Cc1ccsc1C(=O)Nc1cccc(NC(=O)C(C)(C)C)c1. The normalized spacial score (nSPS) is 11.1. The van der Waals surface area contributed by atoms with Gasteiger partial charge in [0, 0.05) is 16.8 Å². The average molecular weight is 316 g/mol. The van der Waals surface area contributed by atoms with Gasteiger partial charge in [-0.3, -0.25) is 9.59 Å². The summed E-state index contributed by atoms with van der Waals surface area (Å²) in [6.45, 7) is 7.47. The molecule has 22 heavy (non-hydrogen) atoms. The maximum atomic E-state index is 12.2. The maximum absolute atomic E-state index is 12.2. The Bertz CT molecular complexity index is 699. The molecule has 2 rings (SSSR count). The summed E-state index contributed by atoms with van der Waals surface area (Å²) in [6, 6.07) is 9.07. The molecule has 5 heteroatoms. The Labute approximate surface area is 134 Å². The second-order valence-corrected chi connectivity index (χ2v) is 7.09. The van der Waals surface area contributed by atoms with Crippen molar-refractivity contribution in [3.63, 3.8) is 0 Å². The van der Waals surface area contributed by atoms with Gasteiger partial charge in [0.05, 0.1) is 4.88 Å². The summed E-state index contributed by atoms with van der Waals surface area (Å²) in [5, 5.41) is 7.60. The second-order valence-electron chi connectivity index (χ2n) is 6.17. The summed E-state index contributed by atoms with van der Waals surface area (Å²) in [4.78, 5) is 24.9. The maximum Gasteiger partial charge on any atom is 0.265 e. The molecule has 0 radical (unpaired) electrons. The van der Waals surface area contributed by atoms with Crippen LogP contribution in [-0.4, -0.2) is 11.8 Å². The predicted octanol–water partition coefficient (Wildman–Crippen LogP) is 4.29. The first-order valence-electron chi connectivity index (χ1n) is 7.04. The highest BCUT2D eigenvalue weighted by molar-refractivity contribution is 7.12. The summed E-state index contributed by atoms with van der Waals surface area (Å²) in [7, 11) is 0. The first-order valence-corrected chi connectivity index (χ1v) is 7.92. The highest BCUT2D eigenvalue weighted by atomic mass is 32.1. The summed E-state index contributed by atoms with van der Waals surface area (Å²) in [5.41, 5.74) is 1.82. The third-order valence-corrected chi connectivity index (χ3v) is 4.14. The summed E-state index contributed by atoms with van der Waals surface area (Å²) in [6.07, 6.45) is 0. The molecule has 4 nitrogen and oxygen atoms in total. The van der Waals surface area contributed by atoms with Gasteiger partial charge in [-0.2, -0.15) is 0 Å². The van der Waals surface area contributed by atoms with Gasteiger partial charge in [0.15, 0.2) is 0 Å². The Hall–Kier alpha value is -2.14. The molecule has 0 spiro atoms. The smallest absolute Gasteiger partial charge is 0.265 e. The molecule has 0 fully saturated rings. The predicted molar refractivity (Wildman–Crippen MR) is 91.5 cm³/mol. The fraction of sp³-hybridized carbons (Fsp3) is 0.294. The van der Waals surface area contributed by atoms with E-state index in [-0.39, 0.29) is 11.8 Å². The number of carbonyl (C=O) groups excluding carboxylic acids is 2. The molecule has 2 amide bonds. The van der Waals surface area contributed by atoms with Crippen molar-refractivity contribution < 1.29 is 9.59 Å². The van der Waals surface area contributed by atoms with Crippen LogP contribution in [0.1, 0.15) is 36.0 Å². The zero-order chi connectivity index (χ0) is 16.3. The zero-order valence-electron chi connectivity index (χ0n) is 13.2. The number of benzene rings is 1. The van der Waals surface area contributed by atoms with Crippen LogP contribution in [0.25, 0.3) is 0 Å². The number of aryl methyl sites for hydroxylation is 1. The van der Waals surface area contributed by atoms with Crippen LogP contribution in [0.4, 0.5) is 11.4 Å². The van der Waals surface area contributed by atoms with Gasteiger partial charge in [0.2, 0.25) is 5.91 Å². The van der Waals surface area contributed by atoms with Crippen LogP contribution in [-0.2, 0) is 4.79 Å². The molecule has 0 aliphatic carbocycles. The molecule has 116 valence electrons. The minimum absolute atomic E-state index is 0.0647. The lowest BCUT2D eigenvalue weighted by Crippen LogP contribution is -2.27. The summed E-state index contributed by atoms with van der Waals surface area (Å²) >= 11 is 1.41. The molecule has 0 atom stereocenters. The molecule has 1 heterocycles. The molecule has 0 saturated heterocycles. The van der Waals surface area contributed by atoms with E-state index in [0.29, 0.717) is 16.3 Å². The van der Waals surface area contributed by atoms with Gasteiger partial charge in [-0.05, 0) is 42.1 Å². The van der Waals surface area contributed by atoms with E-state index < -0.39 is 5.41 Å². The lowest BCUT2D eigenvalue weighted by Gasteiger charge is -2.18. The molecular formula is C17H20N2O2S. The molecular weight excluding hydrogens is 296 g/mol. The molecule has 2 N–H and O–H groups in total. The van der Waals surface area contributed by atoms with Crippen molar-refractivity contribution in [3.05, 3.63) is 46.2 Å². The van der Waals surface area contributed by atoms with Crippen LogP contribution in [0.3, 0.4) is 0 Å². The monoisotopic (exact) mass is 316 g/mol. The number of amides is 2. The fourth-order valence-corrected chi connectivity index (χ4v) is 2.61. The number of carbonyl (C=O) groups is 2. The first-order chi connectivity index (χ1) is 10.3. The summed E-state index contributed by atoms with van der Waals surface area (Å²) < 4.78 is 0. The topological polar surface area (TPSA) is 58.2 Å². The van der Waals surface area contributed by atoms with Crippen LogP contribution in [0, 0.1) is 12.3 Å². The Morgan fingerprint density at radius 3 is 2.23 bits per heavy atom. The standard InChI is InChI=1S/C17H20N2O2S/c1-11-8-9-22-14(11)15(20)18-12-6-5-7-13(10-12)19-16(21)17(2,3)4/h5-10H,1-4H3,(H,18,20)(H,19,21). The van der Waals surface area contributed by atoms with Gasteiger partial charge >= 0.3 is 0 Å². The average Bonchev–Trinajstić information content (AvgIpc) is 2.84. The largest absolute Gasteiger partial charge is 0.326 e. The molecule has 0 aliphatic heterocycles. The quantitative estimate of drug-likeness (QED) is 0.887. The van der Waals surface area contributed by atoms with Crippen molar-refractivity contribution in [3.8, 4) is 0 Å². The van der Waals surface area contributed by atoms with Crippen molar-refractivity contribution >= 4 is 34.5 Å². The van der Waals surface area contributed by atoms with Crippen molar-refractivity contribution in [1.82, 2.24) is 0 Å². The third-order valence-electron chi connectivity index (χ3n) is 3.13. The number of nitrogens with one attached hydrogen (secondary N) is 2. The van der Waals surface area contributed by atoms with Crippen LogP contribution in [0.15, 0.2) is 35.7 Å². The molecule has 2 aromatic rings. The minimum atomic E-state index is -0.465. The lowest BCUT2D eigenvalue weighted by molar-refractivity contribution is -0.123. The highest BCUT2D eigenvalue weighted by Crippen LogP contribution is 2.22. The van der Waals surface area contributed by atoms with Gasteiger partial charge in [-0.1, -0.05) is 26.8 Å². The summed E-state index contributed by atoms with van der Waals surface area (Å²) in [5.74, 6) is -0.197. The molecule has 0 unspecified atom stereocenters. The van der Waals surface area contributed by atoms with Crippen LogP contribution >= 0.6 is 11.3 Å². The number of rotatable bonds is 3. The van der Waals surface area contributed by atoms with Crippen molar-refractivity contribution in [2.24, 2.45) is 5.41 Å². The van der Waals surface area contributed by atoms with Gasteiger partial charge in [-0.15, -0.1) is 11.3 Å². The Morgan fingerprint density at radius 2 is 1.68 bits per heavy atom. The first kappa shape index (κ1) is 16.2. The van der Waals surface area contributed by atoms with E-state index in [0.717, 1.165) is 5.56 Å². The fourth-order valence-electron chi connectivity index (χ4n) is 1.79. The molecule has 0 aliphatic rings. The van der Waals surface area contributed by atoms with Gasteiger partial charge in [0.1, 0.15) is 0 Å². The molecule has 0 saturated carbocycles. The van der Waals surface area contributed by atoms with Crippen molar-refractivity contribution in [1.29, 1.82) is 0 Å². The minimum Gasteiger partial charge on any atom is -0.326 e. The number of anilines is 2. The van der Waals surface area contributed by atoms with E-state index in [1.807, 2.05) is 39.1 Å².